The molecule has 0 spiro atoms. The molecule has 1 aliphatic heterocycles. The van der Waals surface area contributed by atoms with Crippen LogP contribution in [0.25, 0.3) is 0 Å². The van der Waals surface area contributed by atoms with Crippen molar-refractivity contribution < 1.29 is 17.6 Å². The van der Waals surface area contributed by atoms with Crippen LogP contribution in [0.15, 0.2) is 35.0 Å². The highest BCUT2D eigenvalue weighted by Crippen LogP contribution is 2.26. The Hall–Kier alpha value is -1.56. The number of allylic oxidation sites excluding steroid dienone is 2. The van der Waals surface area contributed by atoms with Crippen LogP contribution in [0.5, 0.6) is 0 Å². The topological polar surface area (TPSA) is 67.6 Å². The monoisotopic (exact) mass is 323 g/mol. The fourth-order valence-corrected chi connectivity index (χ4v) is 4.96. The number of hydrogen-bond donors (Lipinski definition) is 0. The zero-order valence-electron chi connectivity index (χ0n) is 12.5. The molecule has 0 N–H and O–H groups in total. The summed E-state index contributed by atoms with van der Waals surface area (Å²) >= 11 is 0. The maximum atomic E-state index is 12.9. The summed E-state index contributed by atoms with van der Waals surface area (Å²) < 4.78 is 28.9. The number of rotatable bonds is 4. The normalized spacial score (nSPS) is 26.9. The molecule has 0 saturated carbocycles. The number of carbonyl (C=O) groups is 1. The van der Waals surface area contributed by atoms with E-state index in [1.807, 2.05) is 12.1 Å². The van der Waals surface area contributed by atoms with Gasteiger partial charge in [0.15, 0.2) is 9.84 Å². The lowest BCUT2D eigenvalue weighted by atomic mass is 9.92. The van der Waals surface area contributed by atoms with E-state index in [4.69, 9.17) is 4.42 Å². The molecule has 0 bridgehead atoms. The van der Waals surface area contributed by atoms with Crippen LogP contribution in [-0.4, -0.2) is 36.8 Å². The van der Waals surface area contributed by atoms with Crippen molar-refractivity contribution in [3.05, 3.63) is 36.3 Å². The van der Waals surface area contributed by atoms with Gasteiger partial charge in [-0.05, 0) is 37.8 Å². The third-order valence-electron chi connectivity index (χ3n) is 4.46. The van der Waals surface area contributed by atoms with E-state index in [0.717, 1.165) is 19.3 Å². The molecule has 5 nitrogen and oxygen atoms in total. The second kappa shape index (κ2) is 6.28. The lowest BCUT2D eigenvalue weighted by Crippen LogP contribution is -2.44. The Bertz CT molecular complexity index is 648. The molecule has 0 aromatic carbocycles. The number of nitrogens with zero attached hydrogens (tertiary/aromatic N) is 1. The summed E-state index contributed by atoms with van der Waals surface area (Å²) in [6.45, 7) is 0.353. The second-order valence-electron chi connectivity index (χ2n) is 6.08. The first-order chi connectivity index (χ1) is 10.6. The van der Waals surface area contributed by atoms with Gasteiger partial charge >= 0.3 is 0 Å². The molecule has 1 aromatic rings. The van der Waals surface area contributed by atoms with Crippen molar-refractivity contribution in [1.82, 2.24) is 4.90 Å². The summed E-state index contributed by atoms with van der Waals surface area (Å²) in [5, 5.41) is 0. The largest absolute Gasteiger partial charge is 0.467 e. The molecular formula is C16H21NO4S. The van der Waals surface area contributed by atoms with E-state index in [-0.39, 0.29) is 29.4 Å². The highest BCUT2D eigenvalue weighted by Gasteiger charge is 2.37. The van der Waals surface area contributed by atoms with Gasteiger partial charge in [-0.2, -0.15) is 0 Å². The average Bonchev–Trinajstić information content (AvgIpc) is 3.14. The average molecular weight is 323 g/mol. The lowest BCUT2D eigenvalue weighted by Gasteiger charge is -2.31. The van der Waals surface area contributed by atoms with Gasteiger partial charge in [0.25, 0.3) is 0 Å². The third kappa shape index (κ3) is 3.43. The van der Waals surface area contributed by atoms with E-state index in [1.54, 1.807) is 17.2 Å². The highest BCUT2D eigenvalue weighted by molar-refractivity contribution is 7.91. The highest BCUT2D eigenvalue weighted by atomic mass is 32.2. The summed E-state index contributed by atoms with van der Waals surface area (Å²) in [4.78, 5) is 14.6. The molecule has 3 rings (SSSR count). The van der Waals surface area contributed by atoms with Gasteiger partial charge in [-0.1, -0.05) is 12.2 Å². The first-order valence-corrected chi connectivity index (χ1v) is 9.55. The van der Waals surface area contributed by atoms with Crippen LogP contribution in [0.1, 0.15) is 31.4 Å². The summed E-state index contributed by atoms with van der Waals surface area (Å²) in [6, 6.07) is 3.38. The summed E-state index contributed by atoms with van der Waals surface area (Å²) in [5.74, 6) is 0.960. The smallest absolute Gasteiger partial charge is 0.226 e. The molecule has 2 heterocycles. The molecule has 1 amide bonds. The first-order valence-electron chi connectivity index (χ1n) is 7.73. The van der Waals surface area contributed by atoms with Crippen LogP contribution >= 0.6 is 0 Å². The van der Waals surface area contributed by atoms with Crippen LogP contribution in [0, 0.1) is 5.92 Å². The predicted octanol–water partition coefficient (Wildman–Crippen LogP) is 2.15. The van der Waals surface area contributed by atoms with Gasteiger partial charge in [0, 0.05) is 12.0 Å². The SMILES string of the molecule is O=C([C@@H]1CC=CCC1)N(Cc1ccco1)[C@@H]1CCS(=O)(=O)C1. The Labute approximate surface area is 130 Å². The van der Waals surface area contributed by atoms with Gasteiger partial charge in [0.05, 0.1) is 24.3 Å². The minimum Gasteiger partial charge on any atom is -0.467 e. The van der Waals surface area contributed by atoms with E-state index in [0.29, 0.717) is 18.7 Å². The van der Waals surface area contributed by atoms with Crippen LogP contribution in [0.2, 0.25) is 0 Å². The minimum atomic E-state index is -3.02. The van der Waals surface area contributed by atoms with Crippen molar-refractivity contribution in [2.45, 2.75) is 38.3 Å². The molecule has 2 atom stereocenters. The predicted molar refractivity (Wildman–Crippen MR) is 82.8 cm³/mol. The molecule has 2 aliphatic rings. The van der Waals surface area contributed by atoms with Gasteiger partial charge in [-0.25, -0.2) is 8.42 Å². The van der Waals surface area contributed by atoms with Crippen molar-refractivity contribution in [3.8, 4) is 0 Å². The number of carbonyl (C=O) groups excluding carboxylic acids is 1. The Morgan fingerprint density at radius 3 is 2.77 bits per heavy atom. The van der Waals surface area contributed by atoms with E-state index in [1.165, 1.54) is 0 Å². The maximum absolute atomic E-state index is 12.9. The summed E-state index contributed by atoms with van der Waals surface area (Å²) in [7, 11) is -3.02. The van der Waals surface area contributed by atoms with Crippen molar-refractivity contribution >= 4 is 15.7 Å². The van der Waals surface area contributed by atoms with Gasteiger partial charge in [0.2, 0.25) is 5.91 Å². The second-order valence-corrected chi connectivity index (χ2v) is 8.31. The minimum absolute atomic E-state index is 0.0386. The van der Waals surface area contributed by atoms with Gasteiger partial charge in [-0.15, -0.1) is 0 Å². The molecule has 0 unspecified atom stereocenters. The van der Waals surface area contributed by atoms with Crippen molar-refractivity contribution in [1.29, 1.82) is 0 Å². The molecule has 1 fully saturated rings. The van der Waals surface area contributed by atoms with Crippen LogP contribution < -0.4 is 0 Å². The van der Waals surface area contributed by atoms with Crippen LogP contribution in [0.3, 0.4) is 0 Å². The Morgan fingerprint density at radius 1 is 1.32 bits per heavy atom. The Balaban J connectivity index is 1.79. The fourth-order valence-electron chi connectivity index (χ4n) is 3.23. The number of amides is 1. The summed E-state index contributed by atoms with van der Waals surface area (Å²) in [6.07, 6.45) is 8.73. The zero-order chi connectivity index (χ0) is 15.6. The Kier molecular flexibility index (Phi) is 4.38. The number of furan rings is 1. The molecule has 6 heteroatoms. The quantitative estimate of drug-likeness (QED) is 0.796. The van der Waals surface area contributed by atoms with Crippen molar-refractivity contribution in [2.75, 3.05) is 11.5 Å². The third-order valence-corrected chi connectivity index (χ3v) is 6.21. The number of sulfone groups is 1. The zero-order valence-corrected chi connectivity index (χ0v) is 13.3. The maximum Gasteiger partial charge on any atom is 0.226 e. The standard InChI is InChI=1S/C16H21NO4S/c18-16(13-5-2-1-3-6-13)17(11-15-7-4-9-21-15)14-8-10-22(19,20)12-14/h1-2,4,7,9,13-14H,3,5-6,8,10-12H2/t13-,14-/m1/s1. The van der Waals surface area contributed by atoms with Crippen LogP contribution in [0.4, 0.5) is 0 Å². The molecular weight excluding hydrogens is 302 g/mol. The van der Waals surface area contributed by atoms with Crippen LogP contribution in [-0.2, 0) is 21.2 Å². The molecule has 1 saturated heterocycles. The molecule has 120 valence electrons. The molecule has 0 radical (unpaired) electrons. The molecule has 1 aliphatic carbocycles. The van der Waals surface area contributed by atoms with Gasteiger partial charge in [0.1, 0.15) is 5.76 Å². The fraction of sp³-hybridized carbons (Fsp3) is 0.562. The first kappa shape index (κ1) is 15.3. The Morgan fingerprint density at radius 2 is 2.18 bits per heavy atom. The summed E-state index contributed by atoms with van der Waals surface area (Å²) in [5.41, 5.74) is 0. The van der Waals surface area contributed by atoms with Gasteiger partial charge in [-0.3, -0.25) is 4.79 Å². The van der Waals surface area contributed by atoms with E-state index < -0.39 is 9.84 Å². The van der Waals surface area contributed by atoms with Gasteiger partial charge < -0.3 is 9.32 Å². The van der Waals surface area contributed by atoms with E-state index in [9.17, 15) is 13.2 Å². The van der Waals surface area contributed by atoms with Crippen molar-refractivity contribution in [3.63, 3.8) is 0 Å². The van der Waals surface area contributed by atoms with Crippen molar-refractivity contribution in [2.24, 2.45) is 5.92 Å². The molecule has 22 heavy (non-hydrogen) atoms. The van der Waals surface area contributed by atoms with E-state index >= 15 is 0 Å². The lowest BCUT2D eigenvalue weighted by molar-refractivity contribution is -0.138. The van der Waals surface area contributed by atoms with E-state index in [2.05, 4.69) is 6.08 Å². The number of hydrogen-bond acceptors (Lipinski definition) is 4. The molecule has 1 aromatic heterocycles.